The molecule has 4 heteroatoms. The molecular weight excluding hydrogens is 597 g/mol. The molecule has 0 atom stereocenters. The SMILES string of the molecule is CC1(C)CCC(C)(C)c2c1ccc1c2c2ccccc2n1-c1cccc2c(-[n+]3cnc(-c4ccccc4)nc3-c3ccccc3)cccc12. The molecule has 2 heterocycles. The van der Waals surface area contributed by atoms with E-state index < -0.39 is 0 Å². The second kappa shape index (κ2) is 11.0. The summed E-state index contributed by atoms with van der Waals surface area (Å²) in [4.78, 5) is 10.0. The molecule has 6 aromatic carbocycles. The average Bonchev–Trinajstić information content (AvgIpc) is 3.47. The summed E-state index contributed by atoms with van der Waals surface area (Å²) < 4.78 is 4.63. The van der Waals surface area contributed by atoms with E-state index in [1.807, 2.05) is 30.6 Å². The number of hydrogen-bond donors (Lipinski definition) is 0. The summed E-state index contributed by atoms with van der Waals surface area (Å²) in [5.74, 6) is 1.55. The van der Waals surface area contributed by atoms with Crippen molar-refractivity contribution in [3.05, 3.63) is 151 Å². The van der Waals surface area contributed by atoms with Gasteiger partial charge in [0.05, 0.1) is 27.8 Å². The summed E-state index contributed by atoms with van der Waals surface area (Å²) in [6.07, 6.45) is 4.30. The van der Waals surface area contributed by atoms with Crippen molar-refractivity contribution in [3.63, 3.8) is 0 Å². The fraction of sp³-hybridized carbons (Fsp3) is 0.178. The number of fused-ring (bicyclic) bond motifs is 6. The maximum absolute atomic E-state index is 5.16. The molecular formula is C45H39N4+. The van der Waals surface area contributed by atoms with Gasteiger partial charge in [0.15, 0.2) is 0 Å². The van der Waals surface area contributed by atoms with Gasteiger partial charge in [0.1, 0.15) is 5.69 Å². The molecule has 49 heavy (non-hydrogen) atoms. The number of rotatable bonds is 4. The molecule has 4 nitrogen and oxygen atoms in total. The van der Waals surface area contributed by atoms with Crippen LogP contribution in [0.2, 0.25) is 0 Å². The largest absolute Gasteiger partial charge is 0.309 e. The molecule has 1 aliphatic rings. The Morgan fingerprint density at radius 3 is 2.02 bits per heavy atom. The Hall–Kier alpha value is -5.61. The fourth-order valence-corrected chi connectivity index (χ4v) is 8.20. The van der Waals surface area contributed by atoms with Crippen molar-refractivity contribution in [2.24, 2.45) is 0 Å². The average molecular weight is 636 g/mol. The minimum atomic E-state index is 0.0850. The number of aromatic nitrogens is 4. The first-order chi connectivity index (χ1) is 23.8. The maximum atomic E-state index is 5.16. The third-order valence-electron chi connectivity index (χ3n) is 10.8. The molecule has 2 aromatic heterocycles. The zero-order valence-electron chi connectivity index (χ0n) is 28.5. The molecule has 0 amide bonds. The van der Waals surface area contributed by atoms with Crippen molar-refractivity contribution in [2.45, 2.75) is 51.4 Å². The van der Waals surface area contributed by atoms with E-state index in [1.165, 1.54) is 56.8 Å². The van der Waals surface area contributed by atoms with Gasteiger partial charge >= 0.3 is 5.82 Å². The molecule has 0 fully saturated rings. The lowest BCUT2D eigenvalue weighted by atomic mass is 9.62. The van der Waals surface area contributed by atoms with Crippen molar-refractivity contribution < 1.29 is 4.57 Å². The summed E-state index contributed by atoms with van der Waals surface area (Å²) in [6, 6.07) is 47.6. The molecule has 0 radical (unpaired) electrons. The Kier molecular flexibility index (Phi) is 6.61. The number of hydrogen-bond acceptors (Lipinski definition) is 2. The lowest BCUT2D eigenvalue weighted by Crippen LogP contribution is -2.35. The van der Waals surface area contributed by atoms with Crippen molar-refractivity contribution in [2.75, 3.05) is 0 Å². The molecule has 0 bridgehead atoms. The van der Waals surface area contributed by atoms with Crippen LogP contribution in [0.15, 0.2) is 140 Å². The van der Waals surface area contributed by atoms with Gasteiger partial charge in [-0.1, -0.05) is 123 Å². The minimum absolute atomic E-state index is 0.0850. The molecule has 0 aliphatic heterocycles. The van der Waals surface area contributed by atoms with Crippen LogP contribution in [0.25, 0.3) is 66.7 Å². The Bertz CT molecular complexity index is 2540. The number of benzene rings is 6. The number of nitrogens with zero attached hydrogens (tertiary/aromatic N) is 4. The highest BCUT2D eigenvalue weighted by atomic mass is 15.1. The zero-order chi connectivity index (χ0) is 33.3. The predicted molar refractivity (Wildman–Crippen MR) is 202 cm³/mol. The van der Waals surface area contributed by atoms with E-state index in [0.717, 1.165) is 28.0 Å². The summed E-state index contributed by atoms with van der Waals surface area (Å²) in [7, 11) is 0. The first-order valence-electron chi connectivity index (χ1n) is 17.3. The van der Waals surface area contributed by atoms with Gasteiger partial charge in [0.25, 0.3) is 5.82 Å². The highest BCUT2D eigenvalue weighted by Crippen LogP contribution is 2.51. The third kappa shape index (κ3) is 4.62. The van der Waals surface area contributed by atoms with Crippen LogP contribution in [0.1, 0.15) is 51.7 Å². The molecule has 0 spiro atoms. The highest BCUT2D eigenvalue weighted by Gasteiger charge is 2.39. The summed E-state index contributed by atoms with van der Waals surface area (Å²) in [5.41, 5.74) is 9.96. The van der Waals surface area contributed by atoms with E-state index >= 15 is 0 Å². The first kappa shape index (κ1) is 29.5. The topological polar surface area (TPSA) is 34.6 Å². The van der Waals surface area contributed by atoms with Gasteiger partial charge in [-0.15, -0.1) is 0 Å². The summed E-state index contributed by atoms with van der Waals surface area (Å²) >= 11 is 0. The molecule has 0 saturated heterocycles. The van der Waals surface area contributed by atoms with Crippen LogP contribution in [0.5, 0.6) is 0 Å². The lowest BCUT2D eigenvalue weighted by Gasteiger charge is -2.42. The molecule has 0 unspecified atom stereocenters. The van der Waals surface area contributed by atoms with E-state index in [0.29, 0.717) is 5.82 Å². The van der Waals surface area contributed by atoms with E-state index in [-0.39, 0.29) is 10.8 Å². The minimum Gasteiger partial charge on any atom is -0.309 e. The van der Waals surface area contributed by atoms with Crippen molar-refractivity contribution in [3.8, 4) is 34.2 Å². The summed E-state index contributed by atoms with van der Waals surface area (Å²) in [6.45, 7) is 9.69. The Balaban J connectivity index is 1.31. The van der Waals surface area contributed by atoms with Crippen LogP contribution < -0.4 is 4.57 Å². The second-order valence-electron chi connectivity index (χ2n) is 14.8. The van der Waals surface area contributed by atoms with Crippen LogP contribution >= 0.6 is 0 Å². The van der Waals surface area contributed by atoms with Gasteiger partial charge in [-0.2, -0.15) is 4.57 Å². The first-order valence-corrected chi connectivity index (χ1v) is 17.3. The molecule has 238 valence electrons. The normalized spacial score (nSPS) is 15.1. The van der Waals surface area contributed by atoms with Gasteiger partial charge in [-0.25, -0.2) is 0 Å². The quantitative estimate of drug-likeness (QED) is 0.180. The van der Waals surface area contributed by atoms with Gasteiger partial charge in [0, 0.05) is 21.5 Å². The van der Waals surface area contributed by atoms with Crippen molar-refractivity contribution >= 4 is 32.6 Å². The Morgan fingerprint density at radius 2 is 1.22 bits per heavy atom. The Labute approximate surface area is 287 Å². The molecule has 0 N–H and O–H groups in total. The van der Waals surface area contributed by atoms with E-state index in [4.69, 9.17) is 9.97 Å². The van der Waals surface area contributed by atoms with Crippen LogP contribution in [0, 0.1) is 0 Å². The highest BCUT2D eigenvalue weighted by molar-refractivity contribution is 6.13. The monoisotopic (exact) mass is 635 g/mol. The Morgan fingerprint density at radius 1 is 0.571 bits per heavy atom. The van der Waals surface area contributed by atoms with E-state index in [1.54, 1.807) is 0 Å². The fourth-order valence-electron chi connectivity index (χ4n) is 8.20. The molecule has 8 aromatic rings. The standard InChI is InChI=1S/C45H39N4/c1-44(2)27-28-45(3,4)41-35(44)25-26-39-40(41)34-19-11-12-22-38(34)49(39)37-24-14-20-32-33(37)21-13-23-36(32)48-29-46-42(30-15-7-5-8-16-30)47-43(48)31-17-9-6-10-18-31/h5-26,29H,27-28H2,1-4H3/q+1. The van der Waals surface area contributed by atoms with Crippen LogP contribution in [0.4, 0.5) is 0 Å². The maximum Gasteiger partial charge on any atom is 0.307 e. The van der Waals surface area contributed by atoms with Gasteiger partial charge in [-0.3, -0.25) is 0 Å². The van der Waals surface area contributed by atoms with Crippen LogP contribution in [-0.4, -0.2) is 14.5 Å². The summed E-state index contributed by atoms with van der Waals surface area (Å²) in [5, 5.41) is 5.03. The smallest absolute Gasteiger partial charge is 0.307 e. The molecule has 0 saturated carbocycles. The number of para-hydroxylation sites is 1. The van der Waals surface area contributed by atoms with Gasteiger partial charge < -0.3 is 4.57 Å². The third-order valence-corrected chi connectivity index (χ3v) is 10.8. The van der Waals surface area contributed by atoms with Crippen molar-refractivity contribution in [1.82, 2.24) is 14.5 Å². The van der Waals surface area contributed by atoms with Gasteiger partial charge in [-0.05, 0) is 83.3 Å². The molecule has 9 rings (SSSR count). The van der Waals surface area contributed by atoms with E-state index in [9.17, 15) is 0 Å². The van der Waals surface area contributed by atoms with E-state index in [2.05, 4.69) is 146 Å². The van der Waals surface area contributed by atoms with Crippen molar-refractivity contribution in [1.29, 1.82) is 0 Å². The lowest BCUT2D eigenvalue weighted by molar-refractivity contribution is -0.588. The second-order valence-corrected chi connectivity index (χ2v) is 14.8. The van der Waals surface area contributed by atoms with Crippen LogP contribution in [-0.2, 0) is 10.8 Å². The zero-order valence-corrected chi connectivity index (χ0v) is 28.5. The van der Waals surface area contributed by atoms with Gasteiger partial charge in [0.2, 0.25) is 6.33 Å². The molecule has 1 aliphatic carbocycles. The predicted octanol–water partition coefficient (Wildman–Crippen LogP) is 10.7. The van der Waals surface area contributed by atoms with Crippen LogP contribution in [0.3, 0.4) is 0 Å².